The average Bonchev–Trinajstić information content (AvgIpc) is 3.19. The van der Waals surface area contributed by atoms with Crippen molar-refractivity contribution in [2.24, 2.45) is 28.6 Å². The van der Waals surface area contributed by atoms with E-state index in [1.54, 1.807) is 12.5 Å². The third kappa shape index (κ3) is 2.42. The first-order chi connectivity index (χ1) is 11.8. The van der Waals surface area contributed by atoms with Crippen LogP contribution in [-0.2, 0) is 19.1 Å². The lowest BCUT2D eigenvalue weighted by atomic mass is 9.50. The van der Waals surface area contributed by atoms with Crippen molar-refractivity contribution >= 4 is 11.9 Å². The SMILES string of the molecule is C[C@@H]1C(=O)O[C@@H](c2ccoc2)C[C@H]1[C@@]1(C)CCC[C@@]2(C)COC(=O)[C@@H]21. The van der Waals surface area contributed by atoms with E-state index in [1.807, 2.05) is 13.0 Å². The first kappa shape index (κ1) is 16.7. The number of rotatable bonds is 2. The fourth-order valence-corrected chi connectivity index (χ4v) is 5.78. The number of furan rings is 1. The molecule has 136 valence electrons. The van der Waals surface area contributed by atoms with Crippen LogP contribution in [0.25, 0.3) is 0 Å². The summed E-state index contributed by atoms with van der Waals surface area (Å²) < 4.78 is 16.3. The number of hydrogen-bond acceptors (Lipinski definition) is 5. The van der Waals surface area contributed by atoms with E-state index in [2.05, 4.69) is 13.8 Å². The topological polar surface area (TPSA) is 65.7 Å². The largest absolute Gasteiger partial charge is 0.472 e. The lowest BCUT2D eigenvalue weighted by Crippen LogP contribution is -2.52. The predicted octanol–water partition coefficient (Wildman–Crippen LogP) is 3.89. The van der Waals surface area contributed by atoms with Gasteiger partial charge in [-0.25, -0.2) is 0 Å². The number of ether oxygens (including phenoxy) is 2. The van der Waals surface area contributed by atoms with Crippen molar-refractivity contribution in [3.63, 3.8) is 0 Å². The summed E-state index contributed by atoms with van der Waals surface area (Å²) in [6, 6.07) is 1.85. The van der Waals surface area contributed by atoms with E-state index in [1.165, 1.54) is 0 Å². The molecule has 6 atom stereocenters. The van der Waals surface area contributed by atoms with Gasteiger partial charge in [0.1, 0.15) is 6.10 Å². The van der Waals surface area contributed by atoms with Crippen molar-refractivity contribution in [1.82, 2.24) is 0 Å². The molecule has 1 saturated carbocycles. The Balaban J connectivity index is 1.70. The Morgan fingerprint density at radius 2 is 1.96 bits per heavy atom. The van der Waals surface area contributed by atoms with Crippen molar-refractivity contribution < 1.29 is 23.5 Å². The summed E-state index contributed by atoms with van der Waals surface area (Å²) in [5, 5.41) is 0. The quantitative estimate of drug-likeness (QED) is 0.760. The standard InChI is InChI=1S/C20H26O5/c1-12-14(9-15(25-17(12)21)13-5-8-23-10-13)20(3)7-4-6-19(2)11-24-18(22)16(19)20/h5,8,10,12,14-16H,4,6-7,9,11H2,1-3H3/t12-,14+,15+,16-,19-,20+/m0/s1. The Bertz CT molecular complexity index is 680. The highest BCUT2D eigenvalue weighted by Gasteiger charge is 2.62. The van der Waals surface area contributed by atoms with Gasteiger partial charge < -0.3 is 13.9 Å². The first-order valence-electron chi connectivity index (χ1n) is 9.24. The van der Waals surface area contributed by atoms with E-state index in [-0.39, 0.29) is 46.6 Å². The normalized spacial score (nSPS) is 44.1. The molecule has 0 amide bonds. The predicted molar refractivity (Wildman–Crippen MR) is 89.3 cm³/mol. The maximum Gasteiger partial charge on any atom is 0.310 e. The van der Waals surface area contributed by atoms with Crippen LogP contribution < -0.4 is 0 Å². The fraction of sp³-hybridized carbons (Fsp3) is 0.700. The Kier molecular flexibility index (Phi) is 3.74. The van der Waals surface area contributed by atoms with Gasteiger partial charge in [-0.2, -0.15) is 0 Å². The molecule has 0 bridgehead atoms. The maximum absolute atomic E-state index is 12.6. The molecule has 0 spiro atoms. The van der Waals surface area contributed by atoms with E-state index in [0.29, 0.717) is 6.61 Å². The summed E-state index contributed by atoms with van der Waals surface area (Å²) >= 11 is 0. The van der Waals surface area contributed by atoms with Crippen molar-refractivity contribution in [2.45, 2.75) is 52.6 Å². The van der Waals surface area contributed by atoms with Crippen LogP contribution in [0.5, 0.6) is 0 Å². The average molecular weight is 346 g/mol. The van der Waals surface area contributed by atoms with Gasteiger partial charge in [0.2, 0.25) is 0 Å². The summed E-state index contributed by atoms with van der Waals surface area (Å²) in [5.74, 6) is -0.539. The van der Waals surface area contributed by atoms with Crippen LogP contribution in [0, 0.1) is 28.6 Å². The summed E-state index contributed by atoms with van der Waals surface area (Å²) in [4.78, 5) is 25.2. The zero-order valence-electron chi connectivity index (χ0n) is 15.1. The molecule has 25 heavy (non-hydrogen) atoms. The highest BCUT2D eigenvalue weighted by molar-refractivity contribution is 5.78. The van der Waals surface area contributed by atoms with E-state index < -0.39 is 0 Å². The minimum absolute atomic E-state index is 0.0870. The Morgan fingerprint density at radius 3 is 2.68 bits per heavy atom. The molecule has 3 fully saturated rings. The first-order valence-corrected chi connectivity index (χ1v) is 9.24. The molecule has 4 rings (SSSR count). The molecule has 2 aliphatic heterocycles. The molecule has 1 aliphatic carbocycles. The van der Waals surface area contributed by atoms with Crippen molar-refractivity contribution in [3.8, 4) is 0 Å². The van der Waals surface area contributed by atoms with Gasteiger partial charge in [-0.3, -0.25) is 9.59 Å². The Morgan fingerprint density at radius 1 is 1.16 bits per heavy atom. The fourth-order valence-electron chi connectivity index (χ4n) is 5.78. The van der Waals surface area contributed by atoms with Crippen molar-refractivity contribution in [3.05, 3.63) is 24.2 Å². The number of hydrogen-bond donors (Lipinski definition) is 0. The van der Waals surface area contributed by atoms with Gasteiger partial charge in [0.05, 0.1) is 31.0 Å². The molecule has 3 aliphatic rings. The van der Waals surface area contributed by atoms with Gasteiger partial charge in [0, 0.05) is 11.0 Å². The highest BCUT2D eigenvalue weighted by Crippen LogP contribution is 2.61. The molecule has 2 saturated heterocycles. The third-order valence-corrected chi connectivity index (χ3v) is 7.06. The molecule has 3 heterocycles. The van der Waals surface area contributed by atoms with Crippen LogP contribution in [0.1, 0.15) is 58.1 Å². The number of esters is 2. The second kappa shape index (κ2) is 5.61. The zero-order chi connectivity index (χ0) is 17.8. The number of fused-ring (bicyclic) bond motifs is 1. The van der Waals surface area contributed by atoms with Crippen molar-refractivity contribution in [2.75, 3.05) is 6.61 Å². The van der Waals surface area contributed by atoms with Gasteiger partial charge in [-0.15, -0.1) is 0 Å². The van der Waals surface area contributed by atoms with E-state index in [0.717, 1.165) is 31.2 Å². The molecule has 0 aromatic carbocycles. The molecule has 1 aromatic rings. The number of cyclic esters (lactones) is 2. The Hall–Kier alpha value is -1.78. The minimum atomic E-state index is -0.296. The van der Waals surface area contributed by atoms with Gasteiger partial charge in [-0.1, -0.05) is 27.2 Å². The molecule has 0 N–H and O–H groups in total. The lowest BCUT2D eigenvalue weighted by Gasteiger charge is -2.53. The van der Waals surface area contributed by atoms with Gasteiger partial charge >= 0.3 is 11.9 Å². The molecular weight excluding hydrogens is 320 g/mol. The third-order valence-electron chi connectivity index (χ3n) is 7.06. The molecule has 0 radical (unpaired) electrons. The maximum atomic E-state index is 12.6. The minimum Gasteiger partial charge on any atom is -0.472 e. The van der Waals surface area contributed by atoms with E-state index in [9.17, 15) is 9.59 Å². The lowest BCUT2D eigenvalue weighted by molar-refractivity contribution is -0.178. The second-order valence-corrected chi connectivity index (χ2v) is 8.67. The molecule has 5 nitrogen and oxygen atoms in total. The zero-order valence-corrected chi connectivity index (χ0v) is 15.1. The van der Waals surface area contributed by atoms with Crippen LogP contribution in [-0.4, -0.2) is 18.5 Å². The summed E-state index contributed by atoms with van der Waals surface area (Å²) in [7, 11) is 0. The van der Waals surface area contributed by atoms with Crippen LogP contribution in [0.2, 0.25) is 0 Å². The molecule has 0 unspecified atom stereocenters. The van der Waals surface area contributed by atoms with E-state index >= 15 is 0 Å². The van der Waals surface area contributed by atoms with E-state index in [4.69, 9.17) is 13.9 Å². The van der Waals surface area contributed by atoms with Crippen LogP contribution >= 0.6 is 0 Å². The van der Waals surface area contributed by atoms with Gasteiger partial charge in [-0.05, 0) is 36.7 Å². The molecular formula is C20H26O5. The number of carbonyl (C=O) groups excluding carboxylic acids is 2. The summed E-state index contributed by atoms with van der Waals surface area (Å²) in [6.07, 6.45) is 6.69. The molecule has 5 heteroatoms. The van der Waals surface area contributed by atoms with Crippen molar-refractivity contribution in [1.29, 1.82) is 0 Å². The van der Waals surface area contributed by atoms with Crippen LogP contribution in [0.3, 0.4) is 0 Å². The summed E-state index contributed by atoms with van der Waals surface area (Å²) in [5.41, 5.74) is 0.527. The second-order valence-electron chi connectivity index (χ2n) is 8.67. The molecule has 1 aromatic heterocycles. The van der Waals surface area contributed by atoms with Gasteiger partial charge in [0.25, 0.3) is 0 Å². The van der Waals surface area contributed by atoms with Gasteiger partial charge in [0.15, 0.2) is 0 Å². The smallest absolute Gasteiger partial charge is 0.310 e. The monoisotopic (exact) mass is 346 g/mol. The van der Waals surface area contributed by atoms with Crippen LogP contribution in [0.15, 0.2) is 23.0 Å². The number of carbonyl (C=O) groups is 2. The van der Waals surface area contributed by atoms with Crippen LogP contribution in [0.4, 0.5) is 0 Å². The Labute approximate surface area is 148 Å². The summed E-state index contributed by atoms with van der Waals surface area (Å²) in [6.45, 7) is 6.80. The highest BCUT2D eigenvalue weighted by atomic mass is 16.5.